The van der Waals surface area contributed by atoms with Crippen molar-refractivity contribution in [3.63, 3.8) is 0 Å². The van der Waals surface area contributed by atoms with E-state index in [2.05, 4.69) is 16.7 Å². The average molecular weight is 239 g/mol. The molecule has 0 unspecified atom stereocenters. The summed E-state index contributed by atoms with van der Waals surface area (Å²) in [4.78, 5) is 11.1. The quantitative estimate of drug-likeness (QED) is 0.643. The van der Waals surface area contributed by atoms with Gasteiger partial charge in [0.15, 0.2) is 6.29 Å². The molecular weight excluding hydrogens is 226 g/mol. The highest BCUT2D eigenvalue weighted by Gasteiger charge is 2.11. The van der Waals surface area contributed by atoms with Gasteiger partial charge in [-0.05, 0) is 12.1 Å². The number of aldehydes is 1. The summed E-state index contributed by atoms with van der Waals surface area (Å²) in [6, 6.07) is 12.0. The van der Waals surface area contributed by atoms with Crippen LogP contribution in [0, 0.1) is 0 Å². The van der Waals surface area contributed by atoms with E-state index in [0.717, 1.165) is 28.1 Å². The first-order valence-corrected chi connectivity index (χ1v) is 5.76. The third-order valence-corrected chi connectivity index (χ3v) is 3.39. The number of aromatic nitrogens is 1. The number of para-hydroxylation sites is 1. The van der Waals surface area contributed by atoms with Crippen molar-refractivity contribution >= 4 is 28.1 Å². The van der Waals surface area contributed by atoms with Crippen LogP contribution >= 0.6 is 0 Å². The molecule has 0 atom stereocenters. The molecule has 0 aliphatic heterocycles. The van der Waals surface area contributed by atoms with E-state index in [1.807, 2.05) is 31.3 Å². The molecular formula is C15H13NO2. The van der Waals surface area contributed by atoms with Crippen LogP contribution in [0.2, 0.25) is 0 Å². The van der Waals surface area contributed by atoms with Crippen molar-refractivity contribution in [3.8, 4) is 5.75 Å². The van der Waals surface area contributed by atoms with Gasteiger partial charge in [0, 0.05) is 29.4 Å². The van der Waals surface area contributed by atoms with Gasteiger partial charge in [-0.2, -0.15) is 0 Å². The zero-order chi connectivity index (χ0) is 12.7. The Labute approximate surface area is 105 Å². The smallest absolute Gasteiger partial charge is 0.153 e. The lowest BCUT2D eigenvalue weighted by Gasteiger charge is -2.04. The number of hydrogen-bond acceptors (Lipinski definition) is 2. The van der Waals surface area contributed by atoms with Gasteiger partial charge in [0.2, 0.25) is 0 Å². The molecule has 0 amide bonds. The number of hydrogen-bond donors (Lipinski definition) is 0. The summed E-state index contributed by atoms with van der Waals surface area (Å²) in [6.45, 7) is 0. The normalized spacial score (nSPS) is 11.0. The maximum absolute atomic E-state index is 11.1. The topological polar surface area (TPSA) is 31.2 Å². The van der Waals surface area contributed by atoms with Gasteiger partial charge in [0.25, 0.3) is 0 Å². The number of benzene rings is 2. The molecule has 0 fully saturated rings. The average Bonchev–Trinajstić information content (AvgIpc) is 2.71. The summed E-state index contributed by atoms with van der Waals surface area (Å²) >= 11 is 0. The summed E-state index contributed by atoms with van der Waals surface area (Å²) in [7, 11) is 3.60. The summed E-state index contributed by atoms with van der Waals surface area (Å²) in [6.07, 6.45) is 0.833. The Morgan fingerprint density at radius 3 is 2.61 bits per heavy atom. The van der Waals surface area contributed by atoms with Crippen LogP contribution in [-0.4, -0.2) is 18.0 Å². The molecule has 90 valence electrons. The van der Waals surface area contributed by atoms with Gasteiger partial charge in [-0.15, -0.1) is 0 Å². The van der Waals surface area contributed by atoms with Gasteiger partial charge >= 0.3 is 0 Å². The van der Waals surface area contributed by atoms with Gasteiger partial charge < -0.3 is 9.30 Å². The standard InChI is InChI=1S/C15H13NO2/c1-16-13-6-4-3-5-11(13)12-7-10(9-17)15(18-2)8-14(12)16/h3-9H,1-2H3. The highest BCUT2D eigenvalue weighted by molar-refractivity contribution is 6.10. The summed E-state index contributed by atoms with van der Waals surface area (Å²) in [5, 5.41) is 2.23. The molecule has 0 saturated carbocycles. The van der Waals surface area contributed by atoms with Crippen LogP contribution in [0.1, 0.15) is 10.4 Å². The number of rotatable bonds is 2. The Morgan fingerprint density at radius 1 is 1.11 bits per heavy atom. The minimum atomic E-state index is 0.585. The molecule has 0 N–H and O–H groups in total. The fourth-order valence-electron chi connectivity index (χ4n) is 2.47. The van der Waals surface area contributed by atoms with Gasteiger partial charge in [-0.1, -0.05) is 18.2 Å². The highest BCUT2D eigenvalue weighted by atomic mass is 16.5. The first-order valence-electron chi connectivity index (χ1n) is 5.76. The third kappa shape index (κ3) is 1.34. The molecule has 1 heterocycles. The molecule has 0 aliphatic carbocycles. The maximum Gasteiger partial charge on any atom is 0.153 e. The molecule has 2 aromatic carbocycles. The number of methoxy groups -OCH3 is 1. The second-order valence-electron chi connectivity index (χ2n) is 4.31. The van der Waals surface area contributed by atoms with Crippen molar-refractivity contribution in [1.29, 1.82) is 0 Å². The van der Waals surface area contributed by atoms with E-state index in [1.165, 1.54) is 0 Å². The maximum atomic E-state index is 11.1. The van der Waals surface area contributed by atoms with Crippen molar-refractivity contribution < 1.29 is 9.53 Å². The molecule has 3 heteroatoms. The molecule has 3 nitrogen and oxygen atoms in total. The summed E-state index contributed by atoms with van der Waals surface area (Å²) in [5.41, 5.74) is 2.80. The number of nitrogens with zero attached hydrogens (tertiary/aromatic N) is 1. The summed E-state index contributed by atoms with van der Waals surface area (Å²) < 4.78 is 7.36. The monoisotopic (exact) mass is 239 g/mol. The Hall–Kier alpha value is -2.29. The van der Waals surface area contributed by atoms with Crippen molar-refractivity contribution in [2.75, 3.05) is 7.11 Å². The van der Waals surface area contributed by atoms with E-state index in [1.54, 1.807) is 7.11 Å². The molecule has 3 aromatic rings. The van der Waals surface area contributed by atoms with Crippen LogP contribution in [-0.2, 0) is 7.05 Å². The fraction of sp³-hybridized carbons (Fsp3) is 0.133. The number of aryl methyl sites for hydroxylation is 1. The zero-order valence-electron chi connectivity index (χ0n) is 10.3. The largest absolute Gasteiger partial charge is 0.496 e. The fourth-order valence-corrected chi connectivity index (χ4v) is 2.47. The van der Waals surface area contributed by atoms with Gasteiger partial charge in [-0.3, -0.25) is 4.79 Å². The van der Waals surface area contributed by atoms with E-state index in [9.17, 15) is 4.79 Å². The second kappa shape index (κ2) is 3.88. The zero-order valence-corrected chi connectivity index (χ0v) is 10.3. The van der Waals surface area contributed by atoms with Crippen molar-refractivity contribution in [2.45, 2.75) is 0 Å². The number of ether oxygens (including phenoxy) is 1. The van der Waals surface area contributed by atoms with Crippen LogP contribution in [0.25, 0.3) is 21.8 Å². The van der Waals surface area contributed by atoms with Gasteiger partial charge in [0.1, 0.15) is 5.75 Å². The lowest BCUT2D eigenvalue weighted by molar-refractivity contribution is 0.112. The predicted molar refractivity (Wildman–Crippen MR) is 72.4 cm³/mol. The van der Waals surface area contributed by atoms with E-state index in [4.69, 9.17) is 4.74 Å². The molecule has 0 radical (unpaired) electrons. The summed E-state index contributed by atoms with van der Waals surface area (Å²) in [5.74, 6) is 0.614. The molecule has 0 aliphatic rings. The van der Waals surface area contributed by atoms with Crippen molar-refractivity contribution in [2.24, 2.45) is 7.05 Å². The Morgan fingerprint density at radius 2 is 1.89 bits per heavy atom. The van der Waals surface area contributed by atoms with Crippen LogP contribution in [0.5, 0.6) is 5.75 Å². The van der Waals surface area contributed by atoms with Crippen LogP contribution < -0.4 is 4.74 Å². The first-order chi connectivity index (χ1) is 8.76. The van der Waals surface area contributed by atoms with E-state index in [0.29, 0.717) is 11.3 Å². The Balaban J connectivity index is 2.52. The highest BCUT2D eigenvalue weighted by Crippen LogP contribution is 2.32. The SMILES string of the molecule is COc1cc2c(cc1C=O)c1ccccc1n2C. The molecule has 0 bridgehead atoms. The van der Waals surface area contributed by atoms with Gasteiger partial charge in [-0.25, -0.2) is 0 Å². The van der Waals surface area contributed by atoms with Crippen molar-refractivity contribution in [1.82, 2.24) is 4.57 Å². The van der Waals surface area contributed by atoms with Crippen LogP contribution in [0.3, 0.4) is 0 Å². The van der Waals surface area contributed by atoms with Crippen molar-refractivity contribution in [3.05, 3.63) is 42.0 Å². The number of carbonyl (C=O) groups is 1. The predicted octanol–water partition coefficient (Wildman–Crippen LogP) is 3.15. The third-order valence-electron chi connectivity index (χ3n) is 3.39. The minimum absolute atomic E-state index is 0.585. The lowest BCUT2D eigenvalue weighted by atomic mass is 10.1. The number of carbonyl (C=O) groups excluding carboxylic acids is 1. The molecule has 3 rings (SSSR count). The van der Waals surface area contributed by atoms with E-state index in [-0.39, 0.29) is 0 Å². The number of fused-ring (bicyclic) bond motifs is 3. The van der Waals surface area contributed by atoms with Gasteiger partial charge in [0.05, 0.1) is 18.2 Å². The second-order valence-corrected chi connectivity index (χ2v) is 4.31. The Bertz CT molecular complexity index is 756. The first kappa shape index (κ1) is 10.8. The van der Waals surface area contributed by atoms with Crippen LogP contribution in [0.15, 0.2) is 36.4 Å². The molecule has 1 aromatic heterocycles. The molecule has 0 spiro atoms. The lowest BCUT2D eigenvalue weighted by Crippen LogP contribution is -1.92. The van der Waals surface area contributed by atoms with Crippen LogP contribution in [0.4, 0.5) is 0 Å². The molecule has 18 heavy (non-hydrogen) atoms. The Kier molecular flexibility index (Phi) is 2.33. The minimum Gasteiger partial charge on any atom is -0.496 e. The van der Waals surface area contributed by atoms with E-state index < -0.39 is 0 Å². The molecule has 0 saturated heterocycles. The van der Waals surface area contributed by atoms with E-state index >= 15 is 0 Å².